The molecule has 0 fully saturated rings. The van der Waals surface area contributed by atoms with Crippen molar-refractivity contribution in [1.82, 2.24) is 0 Å². The minimum Gasteiger partial charge on any atom is -0.459 e. The van der Waals surface area contributed by atoms with Crippen LogP contribution < -0.4 is 4.74 Å². The Bertz CT molecular complexity index is 703. The molecule has 1 aromatic rings. The van der Waals surface area contributed by atoms with Gasteiger partial charge < -0.3 is 19.3 Å². The molecule has 0 saturated carbocycles. The van der Waals surface area contributed by atoms with Gasteiger partial charge in [0, 0.05) is 13.5 Å². The van der Waals surface area contributed by atoms with Gasteiger partial charge in [-0.15, -0.1) is 0 Å². The highest BCUT2D eigenvalue weighted by molar-refractivity contribution is 5.89. The predicted octanol–water partition coefficient (Wildman–Crippen LogP) is 4.40. The summed E-state index contributed by atoms with van der Waals surface area (Å²) >= 11 is 0. The molecule has 0 aliphatic rings. The molecule has 6 nitrogen and oxygen atoms in total. The van der Waals surface area contributed by atoms with E-state index in [2.05, 4.69) is 19.1 Å². The number of hydrogen-bond donors (Lipinski definition) is 1. The van der Waals surface area contributed by atoms with Crippen LogP contribution >= 0.6 is 0 Å². The molecule has 6 heteroatoms. The second kappa shape index (κ2) is 16.1. The molecule has 164 valence electrons. The van der Waals surface area contributed by atoms with Gasteiger partial charge in [-0.3, -0.25) is 4.79 Å². The van der Waals surface area contributed by atoms with E-state index >= 15 is 0 Å². The Kier molecular flexibility index (Phi) is 13.6. The van der Waals surface area contributed by atoms with E-state index in [0.717, 1.165) is 25.7 Å². The van der Waals surface area contributed by atoms with Crippen LogP contribution in [0.5, 0.6) is 5.75 Å². The molecule has 1 atom stereocenters. The largest absolute Gasteiger partial charge is 0.459 e. The van der Waals surface area contributed by atoms with E-state index in [4.69, 9.17) is 14.2 Å². The standard InChI is InChI=1S/C24H32O6/c1-3-4-5-6-7-8-9-10-11-12-17-28-18-22(26)19-29-24(27)21-13-15-23(16-14-21)30-20(2)25/h5-10,13-16,22,26H,3-4,11-12,17-19H2,1-2H3/b6-5+,8-7-,10-9+. The number of esters is 2. The van der Waals surface area contributed by atoms with Gasteiger partial charge in [0.05, 0.1) is 12.2 Å². The highest BCUT2D eigenvalue weighted by atomic mass is 16.5. The quantitative estimate of drug-likeness (QED) is 0.210. The summed E-state index contributed by atoms with van der Waals surface area (Å²) in [6.45, 7) is 3.92. The van der Waals surface area contributed by atoms with E-state index in [9.17, 15) is 14.7 Å². The van der Waals surface area contributed by atoms with E-state index in [0.29, 0.717) is 17.9 Å². The maximum atomic E-state index is 12.0. The predicted molar refractivity (Wildman–Crippen MR) is 116 cm³/mol. The molecule has 0 spiro atoms. The normalized spacial score (nSPS) is 12.6. The number of benzene rings is 1. The van der Waals surface area contributed by atoms with Crippen LogP contribution in [-0.2, 0) is 14.3 Å². The van der Waals surface area contributed by atoms with E-state index < -0.39 is 18.0 Å². The summed E-state index contributed by atoms with van der Waals surface area (Å²) in [5.41, 5.74) is 0.306. The van der Waals surface area contributed by atoms with Crippen molar-refractivity contribution >= 4 is 11.9 Å². The van der Waals surface area contributed by atoms with Gasteiger partial charge in [0.2, 0.25) is 0 Å². The molecule has 0 saturated heterocycles. The van der Waals surface area contributed by atoms with Crippen molar-refractivity contribution in [2.45, 2.75) is 45.6 Å². The summed E-state index contributed by atoms with van der Waals surface area (Å²) in [5.74, 6) is -0.648. The molecule has 0 aliphatic carbocycles. The first-order chi connectivity index (χ1) is 14.5. The third-order valence-corrected chi connectivity index (χ3v) is 3.79. The second-order valence-electron chi connectivity index (χ2n) is 6.62. The zero-order chi connectivity index (χ0) is 22.0. The van der Waals surface area contributed by atoms with Gasteiger partial charge in [-0.2, -0.15) is 0 Å². The number of aliphatic hydroxyl groups excluding tert-OH is 1. The van der Waals surface area contributed by atoms with Gasteiger partial charge in [0.25, 0.3) is 0 Å². The monoisotopic (exact) mass is 416 g/mol. The van der Waals surface area contributed by atoms with Gasteiger partial charge in [0.1, 0.15) is 18.5 Å². The minimum absolute atomic E-state index is 0.102. The topological polar surface area (TPSA) is 82.1 Å². The first kappa shape index (κ1) is 25.3. The Balaban J connectivity index is 2.12. The van der Waals surface area contributed by atoms with E-state index in [1.807, 2.05) is 24.3 Å². The number of carbonyl (C=O) groups is 2. The molecule has 0 aliphatic heterocycles. The number of rotatable bonds is 14. The molecule has 0 aromatic heterocycles. The van der Waals surface area contributed by atoms with Crippen molar-refractivity contribution in [3.63, 3.8) is 0 Å². The molecule has 1 N–H and O–H groups in total. The molecule has 0 amide bonds. The minimum atomic E-state index is -0.886. The van der Waals surface area contributed by atoms with Gasteiger partial charge in [0.15, 0.2) is 0 Å². The molecule has 1 aromatic carbocycles. The third-order valence-electron chi connectivity index (χ3n) is 3.79. The fourth-order valence-electron chi connectivity index (χ4n) is 2.30. The Morgan fingerprint density at radius 2 is 1.67 bits per heavy atom. The van der Waals surface area contributed by atoms with Crippen molar-refractivity contribution in [1.29, 1.82) is 0 Å². The maximum Gasteiger partial charge on any atom is 0.338 e. The summed E-state index contributed by atoms with van der Waals surface area (Å²) < 4.78 is 15.4. The summed E-state index contributed by atoms with van der Waals surface area (Å²) in [6.07, 6.45) is 15.4. The van der Waals surface area contributed by atoms with Crippen LogP contribution in [0.25, 0.3) is 0 Å². The van der Waals surface area contributed by atoms with Crippen molar-refractivity contribution in [2.24, 2.45) is 0 Å². The van der Waals surface area contributed by atoms with Gasteiger partial charge in [-0.25, -0.2) is 4.79 Å². The smallest absolute Gasteiger partial charge is 0.338 e. The molecule has 1 unspecified atom stereocenters. The zero-order valence-corrected chi connectivity index (χ0v) is 17.8. The lowest BCUT2D eigenvalue weighted by Gasteiger charge is -2.12. The molecule has 30 heavy (non-hydrogen) atoms. The number of ether oxygens (including phenoxy) is 3. The number of hydrogen-bond acceptors (Lipinski definition) is 6. The molecule has 0 bridgehead atoms. The summed E-state index contributed by atoms with van der Waals surface area (Å²) in [5, 5.41) is 9.86. The first-order valence-corrected chi connectivity index (χ1v) is 10.2. The van der Waals surface area contributed by atoms with Crippen LogP contribution in [0.15, 0.2) is 60.7 Å². The van der Waals surface area contributed by atoms with Crippen LogP contribution in [0, 0.1) is 0 Å². The van der Waals surface area contributed by atoms with Crippen LogP contribution in [0.2, 0.25) is 0 Å². The van der Waals surface area contributed by atoms with Crippen LogP contribution in [0.3, 0.4) is 0 Å². The molecule has 1 rings (SSSR count). The number of carbonyl (C=O) groups excluding carboxylic acids is 2. The number of unbranched alkanes of at least 4 members (excludes halogenated alkanes) is 2. The lowest BCUT2D eigenvalue weighted by atomic mass is 10.2. The Morgan fingerprint density at radius 3 is 2.30 bits per heavy atom. The maximum absolute atomic E-state index is 12.0. The highest BCUT2D eigenvalue weighted by Crippen LogP contribution is 2.13. The lowest BCUT2D eigenvalue weighted by molar-refractivity contribution is -0.131. The van der Waals surface area contributed by atoms with E-state index in [1.54, 1.807) is 0 Å². The van der Waals surface area contributed by atoms with Crippen molar-refractivity contribution in [3.05, 3.63) is 66.3 Å². The Labute approximate surface area is 178 Å². The van der Waals surface area contributed by atoms with Crippen molar-refractivity contribution in [3.8, 4) is 5.75 Å². The SMILES string of the molecule is CCC/C=C/C=C\C=C\CCCOCC(O)COC(=O)c1ccc(OC(C)=O)cc1. The molecule has 0 heterocycles. The average Bonchev–Trinajstić information content (AvgIpc) is 2.73. The fourth-order valence-corrected chi connectivity index (χ4v) is 2.30. The van der Waals surface area contributed by atoms with E-state index in [1.165, 1.54) is 31.2 Å². The van der Waals surface area contributed by atoms with Crippen LogP contribution in [0.1, 0.15) is 49.9 Å². The highest BCUT2D eigenvalue weighted by Gasteiger charge is 2.11. The summed E-state index contributed by atoms with van der Waals surface area (Å²) in [6, 6.07) is 6.00. The molecular weight excluding hydrogens is 384 g/mol. The zero-order valence-electron chi connectivity index (χ0n) is 17.8. The van der Waals surface area contributed by atoms with Gasteiger partial charge in [-0.05, 0) is 43.5 Å². The van der Waals surface area contributed by atoms with Gasteiger partial charge >= 0.3 is 11.9 Å². The third kappa shape index (κ3) is 12.7. The van der Waals surface area contributed by atoms with Crippen LogP contribution in [0.4, 0.5) is 0 Å². The first-order valence-electron chi connectivity index (χ1n) is 10.2. The molecule has 0 radical (unpaired) electrons. The summed E-state index contributed by atoms with van der Waals surface area (Å²) in [4.78, 5) is 22.8. The average molecular weight is 417 g/mol. The second-order valence-corrected chi connectivity index (χ2v) is 6.62. The van der Waals surface area contributed by atoms with E-state index in [-0.39, 0.29) is 13.2 Å². The lowest BCUT2D eigenvalue weighted by Crippen LogP contribution is -2.24. The summed E-state index contributed by atoms with van der Waals surface area (Å²) in [7, 11) is 0. The van der Waals surface area contributed by atoms with Gasteiger partial charge in [-0.1, -0.05) is 49.8 Å². The number of aliphatic hydroxyl groups is 1. The number of allylic oxidation sites excluding steroid dienone is 6. The molecular formula is C24H32O6. The van der Waals surface area contributed by atoms with Crippen molar-refractivity contribution < 1.29 is 28.9 Å². The van der Waals surface area contributed by atoms with Crippen LogP contribution in [-0.4, -0.2) is 43.0 Å². The Morgan fingerprint density at radius 1 is 1.00 bits per heavy atom. The fraction of sp³-hybridized carbons (Fsp3) is 0.417. The van der Waals surface area contributed by atoms with Crippen molar-refractivity contribution in [2.75, 3.05) is 19.8 Å². The Hall–Kier alpha value is -2.70.